The zero-order chi connectivity index (χ0) is 23.5. The van der Waals surface area contributed by atoms with Crippen LogP contribution in [0, 0.1) is 13.8 Å². The van der Waals surface area contributed by atoms with E-state index < -0.39 is 0 Å². The molecule has 2 saturated heterocycles. The Morgan fingerprint density at radius 1 is 0.941 bits per heavy atom. The third-order valence-electron chi connectivity index (χ3n) is 6.51. The zero-order valence-electron chi connectivity index (χ0n) is 19.9. The molecule has 1 aromatic carbocycles. The van der Waals surface area contributed by atoms with Crippen LogP contribution in [0.4, 0.5) is 11.6 Å². The number of rotatable bonds is 5. The molecular weight excluding hydrogens is 430 g/mol. The number of benzene rings is 1. The predicted octanol–water partition coefficient (Wildman–Crippen LogP) is 2.14. The van der Waals surface area contributed by atoms with Crippen LogP contribution >= 0.6 is 0 Å². The second kappa shape index (κ2) is 9.80. The van der Waals surface area contributed by atoms with Gasteiger partial charge in [-0.25, -0.2) is 9.97 Å². The molecule has 2 aliphatic rings. The molecule has 1 amide bonds. The number of aromatic nitrogens is 4. The van der Waals surface area contributed by atoms with Crippen molar-refractivity contribution in [3.8, 4) is 11.1 Å². The fourth-order valence-electron chi connectivity index (χ4n) is 4.64. The number of ether oxygens (including phenoxy) is 1. The second-order valence-electron chi connectivity index (χ2n) is 8.84. The van der Waals surface area contributed by atoms with Crippen LogP contribution in [0.2, 0.25) is 0 Å². The number of carbonyl (C=O) groups is 1. The molecule has 0 N–H and O–H groups in total. The Labute approximate surface area is 200 Å². The van der Waals surface area contributed by atoms with Gasteiger partial charge >= 0.3 is 0 Å². The van der Waals surface area contributed by atoms with Crippen molar-refractivity contribution in [1.29, 1.82) is 0 Å². The summed E-state index contributed by atoms with van der Waals surface area (Å²) in [6, 6.07) is 10.4. The lowest BCUT2D eigenvalue weighted by molar-refractivity contribution is -0.132. The number of aryl methyl sites for hydroxylation is 2. The smallest absolute Gasteiger partial charge is 0.244 e. The van der Waals surface area contributed by atoms with Crippen molar-refractivity contribution < 1.29 is 9.53 Å². The van der Waals surface area contributed by atoms with E-state index in [-0.39, 0.29) is 5.91 Å². The third-order valence-corrected chi connectivity index (χ3v) is 6.51. The van der Waals surface area contributed by atoms with Gasteiger partial charge in [0, 0.05) is 74.2 Å². The van der Waals surface area contributed by atoms with Gasteiger partial charge in [0.2, 0.25) is 11.9 Å². The average Bonchev–Trinajstić information content (AvgIpc) is 3.21. The van der Waals surface area contributed by atoms with Crippen LogP contribution in [-0.4, -0.2) is 83.0 Å². The van der Waals surface area contributed by atoms with E-state index in [0.29, 0.717) is 32.8 Å². The van der Waals surface area contributed by atoms with Crippen LogP contribution in [0.1, 0.15) is 11.4 Å². The Hall–Kier alpha value is -3.46. The largest absolute Gasteiger partial charge is 0.378 e. The minimum Gasteiger partial charge on any atom is -0.378 e. The molecule has 3 aromatic rings. The van der Waals surface area contributed by atoms with Gasteiger partial charge in [-0.15, -0.1) is 0 Å². The summed E-state index contributed by atoms with van der Waals surface area (Å²) >= 11 is 0. The molecule has 0 spiro atoms. The lowest BCUT2D eigenvalue weighted by atomic mass is 10.1. The molecule has 0 saturated carbocycles. The molecule has 2 aromatic heterocycles. The first-order valence-corrected chi connectivity index (χ1v) is 11.9. The van der Waals surface area contributed by atoms with Crippen molar-refractivity contribution in [2.45, 2.75) is 20.4 Å². The Balaban J connectivity index is 1.25. The number of anilines is 2. The van der Waals surface area contributed by atoms with Crippen LogP contribution in [-0.2, 0) is 16.1 Å². The molecule has 9 heteroatoms. The van der Waals surface area contributed by atoms with Crippen molar-refractivity contribution in [3.05, 3.63) is 54.1 Å². The highest BCUT2D eigenvalue weighted by Crippen LogP contribution is 2.31. The van der Waals surface area contributed by atoms with Gasteiger partial charge in [-0.2, -0.15) is 5.10 Å². The first-order valence-electron chi connectivity index (χ1n) is 11.9. The number of morpholine rings is 1. The molecule has 9 nitrogen and oxygen atoms in total. The molecular formula is C25H31N7O2. The van der Waals surface area contributed by atoms with Crippen LogP contribution in [0.3, 0.4) is 0 Å². The van der Waals surface area contributed by atoms with Gasteiger partial charge < -0.3 is 19.4 Å². The maximum absolute atomic E-state index is 12.8. The predicted molar refractivity (Wildman–Crippen MR) is 131 cm³/mol. The number of hydrogen-bond acceptors (Lipinski definition) is 7. The molecule has 2 aliphatic heterocycles. The lowest BCUT2D eigenvalue weighted by Gasteiger charge is -2.37. The Morgan fingerprint density at radius 2 is 1.65 bits per heavy atom. The van der Waals surface area contributed by atoms with E-state index in [2.05, 4.69) is 43.1 Å². The monoisotopic (exact) mass is 461 g/mol. The molecule has 0 aliphatic carbocycles. The Morgan fingerprint density at radius 3 is 2.32 bits per heavy atom. The molecule has 0 radical (unpaired) electrons. The first-order chi connectivity index (χ1) is 16.6. The molecule has 2 fully saturated rings. The Bertz CT molecular complexity index is 1130. The fraction of sp³-hybridized carbons (Fsp3) is 0.440. The number of piperazine rings is 1. The van der Waals surface area contributed by atoms with Crippen LogP contribution < -0.4 is 9.80 Å². The maximum Gasteiger partial charge on any atom is 0.244 e. The van der Waals surface area contributed by atoms with Gasteiger partial charge in [0.1, 0.15) is 6.54 Å². The van der Waals surface area contributed by atoms with E-state index in [4.69, 9.17) is 4.74 Å². The van der Waals surface area contributed by atoms with Gasteiger partial charge in [-0.3, -0.25) is 9.48 Å². The van der Waals surface area contributed by atoms with Gasteiger partial charge in [0.05, 0.1) is 18.9 Å². The van der Waals surface area contributed by atoms with Gasteiger partial charge in [0.25, 0.3) is 0 Å². The molecule has 0 atom stereocenters. The van der Waals surface area contributed by atoms with Gasteiger partial charge in [0.15, 0.2) is 0 Å². The van der Waals surface area contributed by atoms with Crippen molar-refractivity contribution >= 4 is 17.5 Å². The molecule has 5 rings (SSSR count). The van der Waals surface area contributed by atoms with Crippen molar-refractivity contribution in [3.63, 3.8) is 0 Å². The summed E-state index contributed by atoms with van der Waals surface area (Å²) in [5.74, 6) is 0.866. The summed E-state index contributed by atoms with van der Waals surface area (Å²) in [5, 5.41) is 4.43. The van der Waals surface area contributed by atoms with Crippen molar-refractivity contribution in [2.75, 3.05) is 62.3 Å². The van der Waals surface area contributed by atoms with Crippen molar-refractivity contribution in [2.24, 2.45) is 0 Å². The Kier molecular flexibility index (Phi) is 6.44. The van der Waals surface area contributed by atoms with Crippen molar-refractivity contribution in [1.82, 2.24) is 24.6 Å². The van der Waals surface area contributed by atoms with E-state index in [1.54, 1.807) is 4.68 Å². The van der Waals surface area contributed by atoms with Gasteiger partial charge in [-0.05, 0) is 26.0 Å². The minimum absolute atomic E-state index is 0.117. The summed E-state index contributed by atoms with van der Waals surface area (Å²) < 4.78 is 7.22. The third kappa shape index (κ3) is 4.75. The molecule has 4 heterocycles. The normalized spacial score (nSPS) is 16.7. The topological polar surface area (TPSA) is 79.6 Å². The van der Waals surface area contributed by atoms with E-state index in [9.17, 15) is 4.79 Å². The zero-order valence-corrected chi connectivity index (χ0v) is 19.9. The first kappa shape index (κ1) is 22.3. The van der Waals surface area contributed by atoms with E-state index >= 15 is 0 Å². The summed E-state index contributed by atoms with van der Waals surface area (Å²) in [4.78, 5) is 28.5. The minimum atomic E-state index is 0.117. The summed E-state index contributed by atoms with van der Waals surface area (Å²) in [7, 11) is 0. The fourth-order valence-corrected chi connectivity index (χ4v) is 4.64. The summed E-state index contributed by atoms with van der Waals surface area (Å²) in [6.07, 6.45) is 3.82. The summed E-state index contributed by atoms with van der Waals surface area (Å²) in [6.45, 7) is 10.2. The molecule has 34 heavy (non-hydrogen) atoms. The highest BCUT2D eigenvalue weighted by Gasteiger charge is 2.24. The number of para-hydroxylation sites is 1. The highest BCUT2D eigenvalue weighted by molar-refractivity contribution is 5.79. The number of hydrogen-bond donors (Lipinski definition) is 0. The van der Waals surface area contributed by atoms with Crippen LogP contribution in [0.5, 0.6) is 0 Å². The quantitative estimate of drug-likeness (QED) is 0.576. The van der Waals surface area contributed by atoms with Crippen LogP contribution in [0.25, 0.3) is 11.1 Å². The van der Waals surface area contributed by atoms with Crippen LogP contribution in [0.15, 0.2) is 42.7 Å². The maximum atomic E-state index is 12.8. The standard InChI is InChI=1S/C25H31N7O2/c1-19-15-20(2)32(28-19)18-24(33)30-9-7-29(8-10-30)23-6-4-3-5-22(23)21-16-26-25(27-17-21)31-11-13-34-14-12-31/h3-6,15-17H,7-14,18H2,1-2H3. The number of amides is 1. The van der Waals surface area contributed by atoms with E-state index in [1.165, 1.54) is 0 Å². The number of carbonyl (C=O) groups excluding carboxylic acids is 1. The molecule has 178 valence electrons. The molecule has 0 unspecified atom stereocenters. The second-order valence-corrected chi connectivity index (χ2v) is 8.84. The summed E-state index contributed by atoms with van der Waals surface area (Å²) in [5.41, 5.74) is 5.21. The van der Waals surface area contributed by atoms with E-state index in [1.807, 2.05) is 43.3 Å². The lowest BCUT2D eigenvalue weighted by Crippen LogP contribution is -2.49. The highest BCUT2D eigenvalue weighted by atomic mass is 16.5. The van der Waals surface area contributed by atoms with E-state index in [0.717, 1.165) is 60.3 Å². The van der Waals surface area contributed by atoms with Gasteiger partial charge in [-0.1, -0.05) is 18.2 Å². The average molecular weight is 462 g/mol. The molecule has 0 bridgehead atoms. The SMILES string of the molecule is Cc1cc(C)n(CC(=O)N2CCN(c3ccccc3-c3cnc(N4CCOCC4)nc3)CC2)n1. The number of nitrogens with zero attached hydrogens (tertiary/aromatic N) is 7.